The lowest BCUT2D eigenvalue weighted by atomic mass is 9.88. The highest BCUT2D eigenvalue weighted by atomic mass is 32.1. The second-order valence-corrected chi connectivity index (χ2v) is 10.7. The lowest BCUT2D eigenvalue weighted by molar-refractivity contribution is 0.0907. The van der Waals surface area contributed by atoms with Gasteiger partial charge >= 0.3 is 0 Å². The van der Waals surface area contributed by atoms with Gasteiger partial charge in [0, 0.05) is 17.8 Å². The van der Waals surface area contributed by atoms with E-state index in [2.05, 4.69) is 46.4 Å². The first-order valence-electron chi connectivity index (χ1n) is 9.93. The molecule has 3 aromatic heterocycles. The van der Waals surface area contributed by atoms with Crippen molar-refractivity contribution in [1.29, 1.82) is 0 Å². The van der Waals surface area contributed by atoms with Gasteiger partial charge in [0.2, 0.25) is 0 Å². The lowest BCUT2D eigenvalue weighted by Gasteiger charge is -2.27. The smallest absolute Gasteiger partial charge is 0.261 e. The fourth-order valence-corrected chi connectivity index (χ4v) is 3.53. The highest BCUT2D eigenvalue weighted by Gasteiger charge is 2.24. The van der Waals surface area contributed by atoms with E-state index in [-0.39, 0.29) is 28.8 Å². The average Bonchev–Trinajstić information content (AvgIpc) is 3.26. The van der Waals surface area contributed by atoms with Crippen molar-refractivity contribution >= 4 is 34.3 Å². The predicted octanol–water partition coefficient (Wildman–Crippen LogP) is 4.38. The summed E-state index contributed by atoms with van der Waals surface area (Å²) in [5.74, 6) is -0.308. The highest BCUT2D eigenvalue weighted by molar-refractivity contribution is 7.17. The maximum absolute atomic E-state index is 12.8. The molecule has 0 unspecified atom stereocenters. The van der Waals surface area contributed by atoms with Gasteiger partial charge in [-0.15, -0.1) is 11.3 Å². The molecule has 0 aromatic carbocycles. The van der Waals surface area contributed by atoms with Gasteiger partial charge in [0.05, 0.1) is 27.2 Å². The molecular weight excluding hydrogens is 398 g/mol. The molecule has 0 aliphatic rings. The van der Waals surface area contributed by atoms with Gasteiger partial charge in [-0.3, -0.25) is 9.59 Å². The molecule has 30 heavy (non-hydrogen) atoms. The lowest BCUT2D eigenvalue weighted by Crippen LogP contribution is -2.41. The number of thiophene rings is 1. The van der Waals surface area contributed by atoms with Crippen LogP contribution in [0, 0.1) is 5.41 Å². The van der Waals surface area contributed by atoms with Crippen molar-refractivity contribution in [1.82, 2.24) is 25.6 Å². The fourth-order valence-electron chi connectivity index (χ4n) is 2.67. The molecule has 8 heteroatoms. The van der Waals surface area contributed by atoms with Crippen LogP contribution in [0.4, 0.5) is 0 Å². The largest absolute Gasteiger partial charge is 0.349 e. The third-order valence-electron chi connectivity index (χ3n) is 4.84. The van der Waals surface area contributed by atoms with Crippen LogP contribution < -0.4 is 10.6 Å². The van der Waals surface area contributed by atoms with E-state index in [0.29, 0.717) is 27.3 Å². The molecule has 160 valence electrons. The minimum Gasteiger partial charge on any atom is -0.349 e. The summed E-state index contributed by atoms with van der Waals surface area (Å²) in [6.45, 7) is 14.0. The number of H-pyrrole nitrogens is 1. The minimum atomic E-state index is -0.308. The van der Waals surface area contributed by atoms with E-state index in [1.807, 2.05) is 33.8 Å². The molecule has 3 rings (SSSR count). The standard InChI is InChI=1S/C22H29N5O2S/c1-12(21(2,3)4)25-19(28)13-10-23-18-17(13)26-14(11-24-18)15-8-9-16(30-15)20(29)27-22(5,6)7/h8-12H,1-7H3,(H,23,24)(H,25,28)(H,27,29)/t12-/m0/s1. The Hall–Kier alpha value is -2.74. The Morgan fingerprint density at radius 2 is 1.80 bits per heavy atom. The zero-order chi connectivity index (χ0) is 22.3. The van der Waals surface area contributed by atoms with E-state index in [1.165, 1.54) is 11.3 Å². The van der Waals surface area contributed by atoms with E-state index in [0.717, 1.165) is 4.88 Å². The Bertz CT molecular complexity index is 1090. The molecule has 3 heterocycles. The Labute approximate surface area is 180 Å². The molecule has 0 fully saturated rings. The Morgan fingerprint density at radius 1 is 1.10 bits per heavy atom. The predicted molar refractivity (Wildman–Crippen MR) is 121 cm³/mol. The summed E-state index contributed by atoms with van der Waals surface area (Å²) in [5.41, 5.74) is 1.78. The normalized spacial score (nSPS) is 13.3. The summed E-state index contributed by atoms with van der Waals surface area (Å²) < 4.78 is 0. The molecular formula is C22H29N5O2S. The SMILES string of the molecule is C[C@H](NC(=O)c1c[nH]c2ncc(-c3ccc(C(=O)NC(C)(C)C)s3)nc12)C(C)(C)C. The van der Waals surface area contributed by atoms with Crippen molar-refractivity contribution in [2.75, 3.05) is 0 Å². The van der Waals surface area contributed by atoms with Crippen LogP contribution in [-0.4, -0.2) is 38.3 Å². The zero-order valence-corrected chi connectivity index (χ0v) is 19.3. The van der Waals surface area contributed by atoms with Gasteiger partial charge in [-0.25, -0.2) is 9.97 Å². The number of nitrogens with one attached hydrogen (secondary N) is 3. The van der Waals surface area contributed by atoms with Crippen LogP contribution in [0.25, 0.3) is 21.7 Å². The van der Waals surface area contributed by atoms with E-state index in [4.69, 9.17) is 0 Å². The number of nitrogens with zero attached hydrogens (tertiary/aromatic N) is 2. The minimum absolute atomic E-state index is 0.00715. The maximum Gasteiger partial charge on any atom is 0.261 e. The molecule has 3 N–H and O–H groups in total. The quantitative estimate of drug-likeness (QED) is 0.575. The summed E-state index contributed by atoms with van der Waals surface area (Å²) >= 11 is 1.35. The van der Waals surface area contributed by atoms with Crippen LogP contribution in [0.1, 0.15) is 68.5 Å². The van der Waals surface area contributed by atoms with Crippen molar-refractivity contribution in [2.45, 2.75) is 60.0 Å². The van der Waals surface area contributed by atoms with E-state index in [9.17, 15) is 9.59 Å². The van der Waals surface area contributed by atoms with Crippen molar-refractivity contribution in [3.05, 3.63) is 35.0 Å². The third-order valence-corrected chi connectivity index (χ3v) is 5.95. The summed E-state index contributed by atoms with van der Waals surface area (Å²) in [5, 5.41) is 5.99. The van der Waals surface area contributed by atoms with Crippen molar-refractivity contribution < 1.29 is 9.59 Å². The van der Waals surface area contributed by atoms with Gasteiger partial charge in [0.1, 0.15) is 5.52 Å². The second-order valence-electron chi connectivity index (χ2n) is 9.58. The highest BCUT2D eigenvalue weighted by Crippen LogP contribution is 2.28. The van der Waals surface area contributed by atoms with Crippen LogP contribution in [-0.2, 0) is 0 Å². The summed E-state index contributed by atoms with van der Waals surface area (Å²) in [4.78, 5) is 38.7. The van der Waals surface area contributed by atoms with Gasteiger partial charge in [-0.05, 0) is 45.2 Å². The first-order chi connectivity index (χ1) is 13.8. The third kappa shape index (κ3) is 4.87. The maximum atomic E-state index is 12.8. The van der Waals surface area contributed by atoms with Gasteiger partial charge in [-0.1, -0.05) is 20.8 Å². The number of rotatable bonds is 4. The number of fused-ring (bicyclic) bond motifs is 1. The number of hydrogen-bond donors (Lipinski definition) is 3. The Kier molecular flexibility index (Phi) is 5.73. The van der Waals surface area contributed by atoms with Crippen LogP contribution in [0.3, 0.4) is 0 Å². The molecule has 7 nitrogen and oxygen atoms in total. The van der Waals surface area contributed by atoms with Gasteiger partial charge in [-0.2, -0.15) is 0 Å². The van der Waals surface area contributed by atoms with Crippen LogP contribution in [0.15, 0.2) is 24.5 Å². The number of amides is 2. The van der Waals surface area contributed by atoms with Crippen LogP contribution >= 0.6 is 11.3 Å². The van der Waals surface area contributed by atoms with E-state index in [1.54, 1.807) is 18.5 Å². The monoisotopic (exact) mass is 427 g/mol. The molecule has 0 saturated carbocycles. The zero-order valence-electron chi connectivity index (χ0n) is 18.5. The number of carbonyl (C=O) groups excluding carboxylic acids is 2. The summed E-state index contributed by atoms with van der Waals surface area (Å²) in [7, 11) is 0. The van der Waals surface area contributed by atoms with Gasteiger partial charge in [0.25, 0.3) is 11.8 Å². The molecule has 0 saturated heterocycles. The molecule has 0 aliphatic heterocycles. The van der Waals surface area contributed by atoms with Crippen LogP contribution in [0.5, 0.6) is 0 Å². The summed E-state index contributed by atoms with van der Waals surface area (Å²) in [6, 6.07) is 3.63. The average molecular weight is 428 g/mol. The van der Waals surface area contributed by atoms with Gasteiger partial charge < -0.3 is 15.6 Å². The topological polar surface area (TPSA) is 99.8 Å². The van der Waals surface area contributed by atoms with Crippen molar-refractivity contribution in [3.8, 4) is 10.6 Å². The second kappa shape index (κ2) is 7.83. The Balaban J connectivity index is 1.88. The van der Waals surface area contributed by atoms with E-state index < -0.39 is 0 Å². The number of aromatic amines is 1. The van der Waals surface area contributed by atoms with Crippen molar-refractivity contribution in [2.24, 2.45) is 5.41 Å². The fraction of sp³-hybridized carbons (Fsp3) is 0.455. The molecule has 0 spiro atoms. The molecule has 1 atom stereocenters. The van der Waals surface area contributed by atoms with Gasteiger partial charge in [0.15, 0.2) is 5.65 Å². The Morgan fingerprint density at radius 3 is 2.43 bits per heavy atom. The number of carbonyl (C=O) groups is 2. The number of hydrogen-bond acceptors (Lipinski definition) is 5. The van der Waals surface area contributed by atoms with Crippen LogP contribution in [0.2, 0.25) is 0 Å². The molecule has 3 aromatic rings. The van der Waals surface area contributed by atoms with E-state index >= 15 is 0 Å². The molecule has 2 amide bonds. The summed E-state index contributed by atoms with van der Waals surface area (Å²) in [6.07, 6.45) is 3.28. The molecule has 0 aliphatic carbocycles. The first kappa shape index (κ1) is 22.0. The first-order valence-corrected chi connectivity index (χ1v) is 10.7. The molecule has 0 radical (unpaired) electrons. The molecule has 0 bridgehead atoms. The number of aromatic nitrogens is 3. The van der Waals surface area contributed by atoms with Crippen molar-refractivity contribution in [3.63, 3.8) is 0 Å².